The largest absolute Gasteiger partial charge is 0.448 e. The maximum Gasteiger partial charge on any atom is 0.287 e. The molecule has 0 bridgehead atoms. The van der Waals surface area contributed by atoms with E-state index in [2.05, 4.69) is 81.0 Å². The first-order valence-corrected chi connectivity index (χ1v) is 45.1. The van der Waals surface area contributed by atoms with Crippen molar-refractivity contribution in [1.82, 2.24) is 40.4 Å². The number of amides is 5. The first kappa shape index (κ1) is 85.7. The number of fused-ring (bicyclic) bond motifs is 5. The van der Waals surface area contributed by atoms with Gasteiger partial charge in [0.05, 0.1) is 45.5 Å². The lowest BCUT2D eigenvalue weighted by molar-refractivity contribution is 0.0898. The number of aryl methyl sites for hydroxylation is 12. The molecule has 0 aliphatic heterocycles. The van der Waals surface area contributed by atoms with Crippen molar-refractivity contribution in [2.45, 2.75) is 167 Å². The van der Waals surface area contributed by atoms with Crippen molar-refractivity contribution < 1.29 is 74.9 Å². The zero-order valence-corrected chi connectivity index (χ0v) is 69.7. The highest BCUT2D eigenvalue weighted by molar-refractivity contribution is 7.91. The summed E-state index contributed by atoms with van der Waals surface area (Å²) in [6.07, 6.45) is 10.0. The van der Waals surface area contributed by atoms with Crippen LogP contribution >= 0.6 is 11.3 Å². The molecule has 10 aromatic rings. The van der Waals surface area contributed by atoms with Crippen molar-refractivity contribution in [3.05, 3.63) is 262 Å². The summed E-state index contributed by atoms with van der Waals surface area (Å²) in [5, 5.41) is 34.1. The predicted octanol–water partition coefficient (Wildman–Crippen LogP) is 9.43. The van der Waals surface area contributed by atoms with Gasteiger partial charge in [0.25, 0.3) is 69.6 Å². The van der Waals surface area contributed by atoms with Gasteiger partial charge in [0, 0.05) is 45.0 Å². The minimum Gasteiger partial charge on any atom is -0.448 e. The Balaban J connectivity index is 0.000000142. The number of aromatic nitrogens is 2. The number of benzene rings is 5. The molecule has 5 amide bonds. The van der Waals surface area contributed by atoms with E-state index in [0.717, 1.165) is 108 Å². The molecule has 0 saturated heterocycles. The minimum absolute atomic E-state index is 0.0101. The molecule has 0 saturated carbocycles. The smallest absolute Gasteiger partial charge is 0.287 e. The van der Waals surface area contributed by atoms with E-state index >= 15 is 0 Å². The van der Waals surface area contributed by atoms with Crippen LogP contribution in [-0.2, 0) is 89.3 Å². The van der Waals surface area contributed by atoms with Gasteiger partial charge >= 0.3 is 0 Å². The van der Waals surface area contributed by atoms with Crippen LogP contribution in [0.15, 0.2) is 173 Å². The Morgan fingerprint density at radius 3 is 1.17 bits per heavy atom. The number of rotatable bonds is 16. The molecule has 0 spiro atoms. The highest BCUT2D eigenvalue weighted by atomic mass is 32.2. The van der Waals surface area contributed by atoms with Crippen LogP contribution in [0.4, 0.5) is 0 Å². The third-order valence-electron chi connectivity index (χ3n) is 20.6. The Bertz CT molecular complexity index is 5830. The van der Waals surface area contributed by atoms with Crippen LogP contribution in [0, 0.1) is 48.5 Å². The van der Waals surface area contributed by atoms with Crippen molar-refractivity contribution in [3.63, 3.8) is 0 Å². The number of nitrogens with one attached hydrogen (secondary N) is 6. The fourth-order valence-electron chi connectivity index (χ4n) is 14.7. The molecule has 35 heteroatoms. The van der Waals surface area contributed by atoms with Crippen molar-refractivity contribution in [3.8, 4) is 0 Å². The lowest BCUT2D eigenvalue weighted by Crippen LogP contribution is -2.29. The van der Waals surface area contributed by atoms with Gasteiger partial charge in [0.1, 0.15) is 21.4 Å². The SMILES string of the molecule is Cc1ccc2c(c1)CC[C@H]2NC(=O)c1cc(S(N)(=O)=O)c[nH]1.Cc1ccc2c(c1)CC[C@H]2NC(=O)c1cc(S(N)(=O)=O)oc1C.Cc1ccc2c(c1)CC[C@H]2NC(=O)c1ccc(S(=O)(=O)N(C)C)s1.Cc1ccc2c(c1)CC[C@H]2NC(=O)c1ccc(S(N)(=O)=O)n1C.Cc1ccc2c(c1)CC[C@H]2NC(=O)c1oc(S(N)(=O)=O)cc1C. The van der Waals surface area contributed by atoms with Crippen LogP contribution in [0.25, 0.3) is 0 Å². The fourth-order valence-corrected chi connectivity index (χ4v) is 19.4. The average molecular weight is 1690 g/mol. The number of hydrogen-bond donors (Lipinski definition) is 10. The van der Waals surface area contributed by atoms with Gasteiger partial charge in [0.15, 0.2) is 10.8 Å². The van der Waals surface area contributed by atoms with E-state index in [1.807, 2.05) is 76.2 Å². The number of H-pyrrole nitrogens is 1. The van der Waals surface area contributed by atoms with E-state index in [4.69, 9.17) is 29.4 Å². The maximum absolute atomic E-state index is 12.5. The predicted molar refractivity (Wildman–Crippen MR) is 432 cm³/mol. The van der Waals surface area contributed by atoms with Crippen molar-refractivity contribution >= 4 is 91.0 Å². The van der Waals surface area contributed by atoms with Gasteiger partial charge in [-0.3, -0.25) is 24.0 Å². The number of furan rings is 2. The molecule has 0 radical (unpaired) electrons. The highest BCUT2D eigenvalue weighted by Gasteiger charge is 2.33. The Kier molecular flexibility index (Phi) is 25.6. The normalized spacial score (nSPS) is 17.1. The van der Waals surface area contributed by atoms with Gasteiger partial charge in [-0.1, -0.05) is 119 Å². The third kappa shape index (κ3) is 20.2. The molecular formula is C80H92N12O17S6. The van der Waals surface area contributed by atoms with E-state index < -0.39 is 66.2 Å². The molecule has 5 aromatic carbocycles. The quantitative estimate of drug-likeness (QED) is 0.0430. The Morgan fingerprint density at radius 2 is 0.817 bits per heavy atom. The van der Waals surface area contributed by atoms with Gasteiger partial charge < -0.3 is 45.0 Å². The number of hydrogen-bond acceptors (Lipinski definition) is 18. The number of nitrogens with two attached hydrogens (primary N) is 4. The molecule has 5 aliphatic carbocycles. The third-order valence-corrected chi connectivity index (χ3v) is 27.4. The van der Waals surface area contributed by atoms with Gasteiger partial charge in [-0.05, 0) is 199 Å². The van der Waals surface area contributed by atoms with Gasteiger partial charge in [-0.15, -0.1) is 11.3 Å². The van der Waals surface area contributed by atoms with Crippen molar-refractivity contribution in [1.29, 1.82) is 0 Å². The Hall–Kier alpha value is -10.2. The minimum atomic E-state index is -3.97. The number of primary sulfonamides is 4. The molecular weight excluding hydrogens is 1590 g/mol. The number of thiophene rings is 1. The summed E-state index contributed by atoms with van der Waals surface area (Å²) in [5.41, 5.74) is 19.0. The molecule has 5 atom stereocenters. The Labute approximate surface area is 672 Å². The lowest BCUT2D eigenvalue weighted by atomic mass is 10.1. The summed E-state index contributed by atoms with van der Waals surface area (Å²) in [7, 11) is -14.6. The molecule has 29 nitrogen and oxygen atoms in total. The summed E-state index contributed by atoms with van der Waals surface area (Å²) in [4.78, 5) is 65.0. The van der Waals surface area contributed by atoms with Crippen LogP contribution in [-0.4, -0.2) is 99.6 Å². The van der Waals surface area contributed by atoms with E-state index in [-0.39, 0.29) is 96.4 Å². The molecule has 14 N–H and O–H groups in total. The first-order chi connectivity index (χ1) is 53.9. The van der Waals surface area contributed by atoms with Crippen LogP contribution in [0.2, 0.25) is 0 Å². The second-order valence-electron chi connectivity index (χ2n) is 29.4. The number of carbonyl (C=O) groups excluding carboxylic acids is 5. The number of nitrogens with zero attached hydrogens (tertiary/aromatic N) is 2. The molecule has 0 fully saturated rings. The lowest BCUT2D eigenvalue weighted by Gasteiger charge is -2.15. The summed E-state index contributed by atoms with van der Waals surface area (Å²) in [6, 6.07) is 40.3. The number of sulfonamides is 5. The van der Waals surface area contributed by atoms with Crippen molar-refractivity contribution in [2.24, 2.45) is 27.6 Å². The number of carbonyl (C=O) groups is 5. The molecule has 610 valence electrons. The fraction of sp³-hybridized carbons (Fsp3) is 0.312. The summed E-state index contributed by atoms with van der Waals surface area (Å²) in [5.74, 6) is -1.45. The first-order valence-electron chi connectivity index (χ1n) is 36.6. The maximum atomic E-state index is 12.5. The van der Waals surface area contributed by atoms with Crippen LogP contribution in [0.3, 0.4) is 0 Å². The average Bonchev–Trinajstić information content (AvgIpc) is 1.66. The monoisotopic (exact) mass is 1680 g/mol. The van der Waals surface area contributed by atoms with Crippen LogP contribution in [0.5, 0.6) is 0 Å². The van der Waals surface area contributed by atoms with E-state index in [1.165, 1.54) is 131 Å². The zero-order chi connectivity index (χ0) is 83.7. The molecule has 0 unspecified atom stereocenters. The topological polar surface area (TPSA) is 471 Å². The molecule has 115 heavy (non-hydrogen) atoms. The van der Waals surface area contributed by atoms with E-state index in [1.54, 1.807) is 13.0 Å². The van der Waals surface area contributed by atoms with Gasteiger partial charge in [0.2, 0.25) is 20.2 Å². The van der Waals surface area contributed by atoms with Crippen LogP contribution in [0.1, 0.15) is 209 Å². The highest BCUT2D eigenvalue weighted by Crippen LogP contribution is 2.38. The summed E-state index contributed by atoms with van der Waals surface area (Å²) >= 11 is 1.00. The summed E-state index contributed by atoms with van der Waals surface area (Å²) in [6.45, 7) is 13.4. The molecule has 5 aromatic heterocycles. The Morgan fingerprint density at radius 1 is 0.435 bits per heavy atom. The number of aromatic amines is 1. The van der Waals surface area contributed by atoms with Crippen LogP contribution < -0.4 is 47.1 Å². The standard InChI is InChI=1S/C17H20N2O3S2.C16H19N3O3S.2C16H18N2O4S.C15H17N3O3S/c1-11-4-6-13-12(10-11)5-7-14(13)18-17(20)15-8-9-16(23-15)24(21,22)19(2)3;1-10-3-5-12-11(9-10)4-6-13(12)18-16(20)14-7-8-15(19(14)2)23(17,21)22;1-9-3-5-12-11(7-9)4-6-14(12)18-16(19)13-8-15(22-10(13)2)23(17,20)21;1-9-3-5-12-11(7-9)4-6-13(12)18-16(19)15-10(2)8-14(22-15)23(17,20)21;1-9-2-4-12-10(6-9)3-5-13(12)18-15(19)14-7-11(8-17-14)22(16,20)21/h4,6,8-10,14H,5,7H2,1-3H3,(H,18,20);3,5,7-9,13H,4,6H2,1-2H3,(H,18,20)(H2,17,21,22);3,5,7-8,14H,4,6H2,1-2H3,(H,18,19)(H2,17,20,21);3,5,7-8,13H,4,6H2,1-2H3,(H,18,19)(H2,17,20,21);2,4,6-8,13,17H,3,5H2,1H3,(H,18,19)(H2,16,20,21)/t14-;13-;14-;2*13-/m11111/s1. The van der Waals surface area contributed by atoms with Gasteiger partial charge in [-0.25, -0.2) is 67.0 Å². The molecule has 5 heterocycles. The summed E-state index contributed by atoms with van der Waals surface area (Å²) < 4.78 is 128. The molecule has 5 aliphatic rings. The van der Waals surface area contributed by atoms with E-state index in [9.17, 15) is 66.1 Å². The second kappa shape index (κ2) is 34.3. The zero-order valence-electron chi connectivity index (χ0n) is 64.8. The second-order valence-corrected chi connectivity index (χ2v) is 38.9. The van der Waals surface area contributed by atoms with Gasteiger partial charge in [-0.2, -0.15) is 0 Å². The van der Waals surface area contributed by atoms with E-state index in [0.29, 0.717) is 10.4 Å². The van der Waals surface area contributed by atoms with Crippen molar-refractivity contribution in [2.75, 3.05) is 14.1 Å². The molecule has 15 rings (SSSR count).